The van der Waals surface area contributed by atoms with Crippen LogP contribution in [-0.4, -0.2) is 27.0 Å². The number of nitrogens with zero attached hydrogens (tertiary/aromatic N) is 3. The van der Waals surface area contributed by atoms with Crippen LogP contribution in [0.2, 0.25) is 0 Å². The van der Waals surface area contributed by atoms with Gasteiger partial charge in [-0.3, -0.25) is 4.79 Å². The number of amides is 1. The molecular formula is C19H18FN3O2. The highest BCUT2D eigenvalue weighted by Crippen LogP contribution is 2.18. The molecule has 6 heteroatoms. The van der Waals surface area contributed by atoms with Crippen molar-refractivity contribution in [2.45, 2.75) is 26.4 Å². The first-order chi connectivity index (χ1) is 12.0. The smallest absolute Gasteiger partial charge is 0.254 e. The maximum atomic E-state index is 13.4. The summed E-state index contributed by atoms with van der Waals surface area (Å²) in [6, 6.07) is 15.0. The van der Waals surface area contributed by atoms with Crippen molar-refractivity contribution in [3.8, 4) is 11.4 Å². The molecular weight excluding hydrogens is 321 g/mol. The van der Waals surface area contributed by atoms with Crippen molar-refractivity contribution < 1.29 is 13.7 Å². The molecule has 0 N–H and O–H groups in total. The van der Waals surface area contributed by atoms with Gasteiger partial charge >= 0.3 is 0 Å². The molecule has 0 fully saturated rings. The fourth-order valence-electron chi connectivity index (χ4n) is 2.45. The van der Waals surface area contributed by atoms with E-state index in [0.717, 1.165) is 5.56 Å². The summed E-state index contributed by atoms with van der Waals surface area (Å²) in [6.45, 7) is 3.92. The van der Waals surface area contributed by atoms with Crippen molar-refractivity contribution in [3.05, 3.63) is 71.9 Å². The Morgan fingerprint density at radius 3 is 2.60 bits per heavy atom. The van der Waals surface area contributed by atoms with Gasteiger partial charge in [-0.1, -0.05) is 41.6 Å². The summed E-state index contributed by atoms with van der Waals surface area (Å²) >= 11 is 0. The fraction of sp³-hybridized carbons (Fsp3) is 0.211. The van der Waals surface area contributed by atoms with Crippen molar-refractivity contribution in [2.75, 3.05) is 0 Å². The van der Waals surface area contributed by atoms with Crippen molar-refractivity contribution in [1.29, 1.82) is 0 Å². The van der Waals surface area contributed by atoms with E-state index in [2.05, 4.69) is 10.1 Å². The number of carbonyl (C=O) groups is 1. The second kappa shape index (κ2) is 7.25. The van der Waals surface area contributed by atoms with E-state index in [1.165, 1.54) is 18.2 Å². The molecule has 3 rings (SSSR count). The van der Waals surface area contributed by atoms with Crippen LogP contribution in [0.4, 0.5) is 4.39 Å². The topological polar surface area (TPSA) is 59.2 Å². The lowest BCUT2D eigenvalue weighted by Gasteiger charge is -2.25. The molecule has 0 aliphatic rings. The van der Waals surface area contributed by atoms with Crippen LogP contribution >= 0.6 is 0 Å². The summed E-state index contributed by atoms with van der Waals surface area (Å²) in [7, 11) is 0. The van der Waals surface area contributed by atoms with Crippen LogP contribution in [-0.2, 0) is 6.54 Å². The first kappa shape index (κ1) is 16.8. The number of hydrogen-bond acceptors (Lipinski definition) is 4. The van der Waals surface area contributed by atoms with E-state index >= 15 is 0 Å². The monoisotopic (exact) mass is 339 g/mol. The molecule has 0 bridgehead atoms. The highest BCUT2D eigenvalue weighted by molar-refractivity contribution is 5.94. The molecule has 1 heterocycles. The lowest BCUT2D eigenvalue weighted by atomic mass is 10.1. The second-order valence-electron chi connectivity index (χ2n) is 5.91. The van der Waals surface area contributed by atoms with E-state index in [4.69, 9.17) is 4.52 Å². The Hall–Kier alpha value is -3.02. The Morgan fingerprint density at radius 1 is 1.16 bits per heavy atom. The van der Waals surface area contributed by atoms with Crippen molar-refractivity contribution in [3.63, 3.8) is 0 Å². The van der Waals surface area contributed by atoms with Gasteiger partial charge in [-0.2, -0.15) is 4.98 Å². The van der Waals surface area contributed by atoms with Gasteiger partial charge in [-0.25, -0.2) is 4.39 Å². The molecule has 1 amide bonds. The van der Waals surface area contributed by atoms with Gasteiger partial charge < -0.3 is 9.42 Å². The minimum absolute atomic E-state index is 0.108. The van der Waals surface area contributed by atoms with Gasteiger partial charge in [0.1, 0.15) is 12.4 Å². The fourth-order valence-corrected chi connectivity index (χ4v) is 2.45. The molecule has 0 radical (unpaired) electrons. The van der Waals surface area contributed by atoms with Crippen LogP contribution in [0.3, 0.4) is 0 Å². The second-order valence-corrected chi connectivity index (χ2v) is 5.91. The maximum Gasteiger partial charge on any atom is 0.254 e. The van der Waals surface area contributed by atoms with Crippen LogP contribution < -0.4 is 0 Å². The Bertz CT molecular complexity index is 862. The quantitative estimate of drug-likeness (QED) is 0.707. The third-order valence-corrected chi connectivity index (χ3v) is 3.76. The minimum Gasteiger partial charge on any atom is -0.337 e. The van der Waals surface area contributed by atoms with Gasteiger partial charge in [0.15, 0.2) is 0 Å². The molecule has 2 aromatic carbocycles. The number of halogens is 1. The Morgan fingerprint density at radius 2 is 1.92 bits per heavy atom. The summed E-state index contributed by atoms with van der Waals surface area (Å²) in [6.07, 6.45) is 0. The van der Waals surface area contributed by atoms with Crippen molar-refractivity contribution in [2.24, 2.45) is 0 Å². The zero-order valence-electron chi connectivity index (χ0n) is 14.0. The van der Waals surface area contributed by atoms with Crippen molar-refractivity contribution in [1.82, 2.24) is 15.0 Å². The third kappa shape index (κ3) is 3.91. The highest BCUT2D eigenvalue weighted by atomic mass is 19.1. The van der Waals surface area contributed by atoms with Crippen LogP contribution in [0.5, 0.6) is 0 Å². The highest BCUT2D eigenvalue weighted by Gasteiger charge is 2.22. The molecule has 0 atom stereocenters. The van der Waals surface area contributed by atoms with Crippen molar-refractivity contribution >= 4 is 5.91 Å². The minimum atomic E-state index is -0.446. The normalized spacial score (nSPS) is 10.9. The average Bonchev–Trinajstić information content (AvgIpc) is 3.08. The van der Waals surface area contributed by atoms with Gasteiger partial charge in [-0.05, 0) is 32.0 Å². The zero-order valence-corrected chi connectivity index (χ0v) is 14.0. The van der Waals surface area contributed by atoms with Gasteiger partial charge in [0.2, 0.25) is 11.7 Å². The number of aromatic nitrogens is 2. The van der Waals surface area contributed by atoms with E-state index in [1.807, 2.05) is 44.2 Å². The van der Waals surface area contributed by atoms with E-state index in [0.29, 0.717) is 11.7 Å². The lowest BCUT2D eigenvalue weighted by molar-refractivity contribution is 0.0667. The lowest BCUT2D eigenvalue weighted by Crippen LogP contribution is -2.36. The largest absolute Gasteiger partial charge is 0.337 e. The van der Waals surface area contributed by atoms with Crippen LogP contribution in [0, 0.1) is 5.82 Å². The summed E-state index contributed by atoms with van der Waals surface area (Å²) < 4.78 is 18.7. The van der Waals surface area contributed by atoms with Crippen LogP contribution in [0.25, 0.3) is 11.4 Å². The first-order valence-corrected chi connectivity index (χ1v) is 7.99. The standard InChI is InChI=1S/C19H18FN3O2/c1-13(2)23(19(24)15-9-6-10-16(20)11-15)12-17-21-18(22-25-17)14-7-4-3-5-8-14/h3-11,13H,12H2,1-2H3. The average molecular weight is 339 g/mol. The Labute approximate surface area is 145 Å². The molecule has 0 aliphatic heterocycles. The predicted molar refractivity (Wildman–Crippen MR) is 91.1 cm³/mol. The molecule has 1 aromatic heterocycles. The molecule has 0 saturated heterocycles. The summed E-state index contributed by atoms with van der Waals surface area (Å²) in [5, 5.41) is 3.96. The molecule has 0 aliphatic carbocycles. The van der Waals surface area contributed by atoms with Gasteiger partial charge in [0.25, 0.3) is 5.91 Å². The number of rotatable bonds is 5. The molecule has 0 spiro atoms. The van der Waals surface area contributed by atoms with Crippen LogP contribution in [0.1, 0.15) is 30.1 Å². The van der Waals surface area contributed by atoms with E-state index in [1.54, 1.807) is 11.0 Å². The number of benzene rings is 2. The van der Waals surface area contributed by atoms with Gasteiger partial charge in [-0.15, -0.1) is 0 Å². The maximum absolute atomic E-state index is 13.4. The van der Waals surface area contributed by atoms with Gasteiger partial charge in [0.05, 0.1) is 0 Å². The summed E-state index contributed by atoms with van der Waals surface area (Å²) in [5.74, 6) is 0.0717. The summed E-state index contributed by atoms with van der Waals surface area (Å²) in [5.41, 5.74) is 1.13. The zero-order chi connectivity index (χ0) is 17.8. The summed E-state index contributed by atoms with van der Waals surface area (Å²) in [4.78, 5) is 18.6. The van der Waals surface area contributed by atoms with Crippen LogP contribution in [0.15, 0.2) is 59.1 Å². The van der Waals surface area contributed by atoms with Gasteiger partial charge in [0, 0.05) is 17.2 Å². The van der Waals surface area contributed by atoms with E-state index in [9.17, 15) is 9.18 Å². The molecule has 0 saturated carbocycles. The molecule has 5 nitrogen and oxygen atoms in total. The number of hydrogen-bond donors (Lipinski definition) is 0. The van der Waals surface area contributed by atoms with E-state index < -0.39 is 5.82 Å². The van der Waals surface area contributed by atoms with E-state index in [-0.39, 0.29) is 24.1 Å². The number of carbonyl (C=O) groups excluding carboxylic acids is 1. The molecule has 3 aromatic rings. The Balaban J connectivity index is 1.81. The SMILES string of the molecule is CC(C)N(Cc1nc(-c2ccccc2)no1)C(=O)c1cccc(F)c1. The third-order valence-electron chi connectivity index (χ3n) is 3.76. The first-order valence-electron chi connectivity index (χ1n) is 7.99. The predicted octanol–water partition coefficient (Wildman–Crippen LogP) is 3.93. The molecule has 0 unspecified atom stereocenters. The Kier molecular flexibility index (Phi) is 4.88. The molecule has 128 valence electrons. The molecule has 25 heavy (non-hydrogen) atoms.